The fraction of sp³-hybridized carbons (Fsp3) is 0.583. The average molecular weight is 284 g/mol. The summed E-state index contributed by atoms with van der Waals surface area (Å²) in [5.41, 5.74) is -0.0319. The zero-order valence-corrected chi connectivity index (χ0v) is 11.5. The predicted molar refractivity (Wildman–Crippen MR) is 73.0 cm³/mol. The SMILES string of the molecule is CC(=O)c1cc([N+](=O)[O-])c(N2CCCCC2CO)s1. The van der Waals surface area contributed by atoms with Gasteiger partial charge in [0.15, 0.2) is 10.8 Å². The molecule has 0 saturated carbocycles. The standard InChI is InChI=1S/C12H16N2O4S/c1-8(16)11-6-10(14(17)18)12(19-11)13-5-3-2-4-9(13)7-15/h6,9,15H,2-5,7H2,1H3. The molecule has 0 amide bonds. The van der Waals surface area contributed by atoms with Crippen LogP contribution in [0.1, 0.15) is 35.9 Å². The van der Waals surface area contributed by atoms with Gasteiger partial charge in [-0.3, -0.25) is 14.9 Å². The van der Waals surface area contributed by atoms with Gasteiger partial charge in [0.25, 0.3) is 0 Å². The van der Waals surface area contributed by atoms with Gasteiger partial charge in [-0.05, 0) is 26.2 Å². The predicted octanol–water partition coefficient (Wildman–Crippen LogP) is 2.21. The Balaban J connectivity index is 2.41. The van der Waals surface area contributed by atoms with Crippen LogP contribution in [0.3, 0.4) is 0 Å². The number of ketones is 1. The van der Waals surface area contributed by atoms with E-state index in [1.54, 1.807) is 0 Å². The van der Waals surface area contributed by atoms with Gasteiger partial charge >= 0.3 is 5.69 Å². The maximum Gasteiger partial charge on any atom is 0.304 e. The molecule has 1 aromatic rings. The molecular formula is C12H16N2O4S. The van der Waals surface area contributed by atoms with Gasteiger partial charge in [-0.1, -0.05) is 0 Å². The Morgan fingerprint density at radius 2 is 2.37 bits per heavy atom. The zero-order chi connectivity index (χ0) is 14.0. The quantitative estimate of drug-likeness (QED) is 0.520. The molecule has 1 unspecified atom stereocenters. The van der Waals surface area contributed by atoms with Crippen molar-refractivity contribution in [1.29, 1.82) is 0 Å². The number of thiophene rings is 1. The molecule has 1 saturated heterocycles. The van der Waals surface area contributed by atoms with E-state index < -0.39 is 4.92 Å². The number of nitrogens with zero attached hydrogens (tertiary/aromatic N) is 2. The minimum Gasteiger partial charge on any atom is -0.394 e. The molecule has 7 heteroatoms. The lowest BCUT2D eigenvalue weighted by molar-refractivity contribution is -0.383. The van der Waals surface area contributed by atoms with E-state index >= 15 is 0 Å². The first-order valence-corrected chi connectivity index (χ1v) is 7.03. The first-order valence-electron chi connectivity index (χ1n) is 6.21. The summed E-state index contributed by atoms with van der Waals surface area (Å²) >= 11 is 1.15. The molecule has 1 aromatic heterocycles. The van der Waals surface area contributed by atoms with Crippen molar-refractivity contribution in [1.82, 2.24) is 0 Å². The highest BCUT2D eigenvalue weighted by Crippen LogP contribution is 2.40. The first-order chi connectivity index (χ1) is 9.04. The number of hydrogen-bond donors (Lipinski definition) is 1. The summed E-state index contributed by atoms with van der Waals surface area (Å²) in [5, 5.41) is 21.0. The maximum absolute atomic E-state index is 11.4. The highest BCUT2D eigenvalue weighted by molar-refractivity contribution is 7.18. The van der Waals surface area contributed by atoms with Crippen molar-refractivity contribution >= 4 is 27.8 Å². The number of carbonyl (C=O) groups is 1. The molecule has 1 fully saturated rings. The number of piperidine rings is 1. The summed E-state index contributed by atoms with van der Waals surface area (Å²) in [6.45, 7) is 2.06. The number of anilines is 1. The van der Waals surface area contributed by atoms with E-state index in [4.69, 9.17) is 0 Å². The summed E-state index contributed by atoms with van der Waals surface area (Å²) in [6, 6.07) is 1.25. The number of Topliss-reactive ketones (excluding diaryl/α,β-unsaturated/α-hetero) is 1. The summed E-state index contributed by atoms with van der Waals surface area (Å²) < 4.78 is 0. The summed E-state index contributed by atoms with van der Waals surface area (Å²) in [5.74, 6) is -0.170. The van der Waals surface area contributed by atoms with E-state index in [9.17, 15) is 20.0 Å². The second-order valence-electron chi connectivity index (χ2n) is 4.64. The molecule has 6 nitrogen and oxygen atoms in total. The molecule has 1 N–H and O–H groups in total. The van der Waals surface area contributed by atoms with Crippen molar-refractivity contribution < 1.29 is 14.8 Å². The first kappa shape index (κ1) is 14.0. The van der Waals surface area contributed by atoms with E-state index in [-0.39, 0.29) is 24.1 Å². The third-order valence-electron chi connectivity index (χ3n) is 3.34. The second-order valence-corrected chi connectivity index (χ2v) is 5.67. The fourth-order valence-corrected chi connectivity index (χ4v) is 3.46. The van der Waals surface area contributed by atoms with Crippen LogP contribution in [0.25, 0.3) is 0 Å². The minimum atomic E-state index is -0.457. The number of carbonyl (C=O) groups excluding carboxylic acids is 1. The van der Waals surface area contributed by atoms with Crippen molar-refractivity contribution in [2.24, 2.45) is 0 Å². The van der Waals surface area contributed by atoms with Crippen LogP contribution in [0.5, 0.6) is 0 Å². The Hall–Kier alpha value is -1.47. The molecule has 0 bridgehead atoms. The summed E-state index contributed by atoms with van der Waals surface area (Å²) in [6.07, 6.45) is 2.78. The van der Waals surface area contributed by atoms with E-state index in [2.05, 4.69) is 0 Å². The molecule has 1 atom stereocenters. The van der Waals surface area contributed by atoms with Crippen LogP contribution in [0, 0.1) is 10.1 Å². The zero-order valence-electron chi connectivity index (χ0n) is 10.7. The van der Waals surface area contributed by atoms with Crippen molar-refractivity contribution in [3.8, 4) is 0 Å². The lowest BCUT2D eigenvalue weighted by Crippen LogP contribution is -2.41. The number of hydrogen-bond acceptors (Lipinski definition) is 6. The molecule has 2 heterocycles. The molecule has 1 aliphatic rings. The van der Waals surface area contributed by atoms with Crippen LogP contribution in [-0.4, -0.2) is 35.0 Å². The Labute approximate surface area is 114 Å². The minimum absolute atomic E-state index is 0.0234. The van der Waals surface area contributed by atoms with E-state index in [1.165, 1.54) is 13.0 Å². The number of rotatable bonds is 4. The van der Waals surface area contributed by atoms with Crippen molar-refractivity contribution in [3.05, 3.63) is 21.1 Å². The van der Waals surface area contributed by atoms with Gasteiger partial charge in [-0.25, -0.2) is 0 Å². The molecule has 0 aromatic carbocycles. The monoisotopic (exact) mass is 284 g/mol. The normalized spacial score (nSPS) is 19.5. The molecule has 19 heavy (non-hydrogen) atoms. The van der Waals surface area contributed by atoms with Gasteiger partial charge in [0.05, 0.1) is 22.4 Å². The largest absolute Gasteiger partial charge is 0.394 e. The topological polar surface area (TPSA) is 83.7 Å². The van der Waals surface area contributed by atoms with Crippen LogP contribution in [-0.2, 0) is 0 Å². The third kappa shape index (κ3) is 2.76. The maximum atomic E-state index is 11.4. The van der Waals surface area contributed by atoms with Gasteiger partial charge in [0.2, 0.25) is 0 Å². The van der Waals surface area contributed by atoms with Crippen molar-refractivity contribution in [2.45, 2.75) is 32.2 Å². The highest BCUT2D eigenvalue weighted by atomic mass is 32.1. The van der Waals surface area contributed by atoms with Crippen molar-refractivity contribution in [2.75, 3.05) is 18.1 Å². The molecule has 2 rings (SSSR count). The second kappa shape index (κ2) is 5.66. The highest BCUT2D eigenvalue weighted by Gasteiger charge is 2.30. The lowest BCUT2D eigenvalue weighted by atomic mass is 10.0. The Bertz CT molecular complexity index is 500. The lowest BCUT2D eigenvalue weighted by Gasteiger charge is -2.34. The van der Waals surface area contributed by atoms with Crippen LogP contribution in [0.15, 0.2) is 6.07 Å². The Kier molecular flexibility index (Phi) is 4.16. The molecular weight excluding hydrogens is 268 g/mol. The molecule has 0 spiro atoms. The van der Waals surface area contributed by atoms with E-state index in [1.807, 2.05) is 4.90 Å². The van der Waals surface area contributed by atoms with Crippen molar-refractivity contribution in [3.63, 3.8) is 0 Å². The Morgan fingerprint density at radius 1 is 1.63 bits per heavy atom. The van der Waals surface area contributed by atoms with Crippen LogP contribution < -0.4 is 4.90 Å². The number of nitro groups is 1. The number of aliphatic hydroxyl groups excluding tert-OH is 1. The summed E-state index contributed by atoms with van der Waals surface area (Å²) in [4.78, 5) is 24.3. The van der Waals surface area contributed by atoms with Crippen LogP contribution in [0.4, 0.5) is 10.7 Å². The third-order valence-corrected chi connectivity index (χ3v) is 4.60. The smallest absolute Gasteiger partial charge is 0.304 e. The molecule has 0 radical (unpaired) electrons. The molecule has 104 valence electrons. The molecule has 1 aliphatic heterocycles. The van der Waals surface area contributed by atoms with E-state index in [0.717, 1.165) is 30.6 Å². The average Bonchev–Trinajstić information content (AvgIpc) is 2.83. The fourth-order valence-electron chi connectivity index (χ4n) is 2.34. The van der Waals surface area contributed by atoms with Gasteiger partial charge in [0, 0.05) is 12.6 Å². The van der Waals surface area contributed by atoms with Gasteiger partial charge in [-0.2, -0.15) is 0 Å². The van der Waals surface area contributed by atoms with Crippen LogP contribution in [0.2, 0.25) is 0 Å². The van der Waals surface area contributed by atoms with Crippen LogP contribution >= 0.6 is 11.3 Å². The number of aliphatic hydroxyl groups is 1. The van der Waals surface area contributed by atoms with Gasteiger partial charge < -0.3 is 10.0 Å². The van der Waals surface area contributed by atoms with E-state index in [0.29, 0.717) is 16.4 Å². The Morgan fingerprint density at radius 3 is 2.95 bits per heavy atom. The summed E-state index contributed by atoms with van der Waals surface area (Å²) in [7, 11) is 0. The van der Waals surface area contributed by atoms with Gasteiger partial charge in [0.1, 0.15) is 0 Å². The molecule has 0 aliphatic carbocycles. The van der Waals surface area contributed by atoms with Gasteiger partial charge in [-0.15, -0.1) is 11.3 Å².